The molecular weight excluding hydrogens is 324 g/mol. The van der Waals surface area contributed by atoms with Gasteiger partial charge in [-0.25, -0.2) is 8.42 Å². The van der Waals surface area contributed by atoms with Gasteiger partial charge in [-0.3, -0.25) is 14.5 Å². The predicted molar refractivity (Wildman–Crippen MR) is 81.9 cm³/mol. The highest BCUT2D eigenvalue weighted by Crippen LogP contribution is 2.29. The molecule has 6 nitrogen and oxygen atoms in total. The van der Waals surface area contributed by atoms with Crippen molar-refractivity contribution >= 4 is 33.2 Å². The molecule has 0 unspecified atom stereocenters. The van der Waals surface area contributed by atoms with Crippen molar-refractivity contribution in [3.05, 3.63) is 17.0 Å². The van der Waals surface area contributed by atoms with Crippen LogP contribution in [0.15, 0.2) is 16.3 Å². The Bertz CT molecular complexity index is 686. The third kappa shape index (κ3) is 2.70. The molecule has 1 aromatic heterocycles. The molecule has 8 heteroatoms. The molecule has 120 valence electrons. The summed E-state index contributed by atoms with van der Waals surface area (Å²) in [7, 11) is -3.45. The van der Waals surface area contributed by atoms with Crippen LogP contribution in [0.3, 0.4) is 0 Å². The highest BCUT2D eigenvalue weighted by Gasteiger charge is 2.38. The molecule has 0 bridgehead atoms. The SMILES string of the molecule is Cc1ccc(S(=O)(=O)N2CCC(N3C(=O)CCC3=O)CC2)s1. The molecule has 2 aliphatic heterocycles. The first-order valence-corrected chi connectivity index (χ1v) is 9.57. The summed E-state index contributed by atoms with van der Waals surface area (Å²) in [6, 6.07) is 3.28. The Labute approximate surface area is 133 Å². The first-order valence-electron chi connectivity index (χ1n) is 7.31. The Kier molecular flexibility index (Phi) is 4.09. The number of aryl methyl sites for hydroxylation is 1. The highest BCUT2D eigenvalue weighted by atomic mass is 32.2. The number of carbonyl (C=O) groups is 2. The average molecular weight is 342 g/mol. The minimum absolute atomic E-state index is 0.125. The molecule has 2 amide bonds. The van der Waals surface area contributed by atoms with Crippen molar-refractivity contribution in [1.82, 2.24) is 9.21 Å². The van der Waals surface area contributed by atoms with Gasteiger partial charge in [0.2, 0.25) is 11.8 Å². The fourth-order valence-electron chi connectivity index (χ4n) is 3.02. The van der Waals surface area contributed by atoms with Crippen LogP contribution in [0.2, 0.25) is 0 Å². The minimum atomic E-state index is -3.45. The topological polar surface area (TPSA) is 74.8 Å². The summed E-state index contributed by atoms with van der Waals surface area (Å²) in [6.07, 6.45) is 1.60. The summed E-state index contributed by atoms with van der Waals surface area (Å²) < 4.78 is 26.9. The van der Waals surface area contributed by atoms with Crippen molar-refractivity contribution < 1.29 is 18.0 Å². The summed E-state index contributed by atoms with van der Waals surface area (Å²) in [5, 5.41) is 0. The zero-order valence-corrected chi connectivity index (χ0v) is 14.0. The molecule has 2 saturated heterocycles. The third-order valence-electron chi connectivity index (χ3n) is 4.19. The average Bonchev–Trinajstić information content (AvgIpc) is 3.06. The van der Waals surface area contributed by atoms with Gasteiger partial charge in [0.05, 0.1) is 0 Å². The quantitative estimate of drug-likeness (QED) is 0.777. The number of likely N-dealkylation sites (tertiary alicyclic amines) is 1. The van der Waals surface area contributed by atoms with Crippen LogP contribution in [0.5, 0.6) is 0 Å². The van der Waals surface area contributed by atoms with Crippen molar-refractivity contribution in [2.24, 2.45) is 0 Å². The van der Waals surface area contributed by atoms with E-state index in [0.717, 1.165) is 4.88 Å². The summed E-state index contributed by atoms with van der Waals surface area (Å²) in [4.78, 5) is 25.8. The number of hydrogen-bond donors (Lipinski definition) is 0. The number of nitrogens with zero attached hydrogens (tertiary/aromatic N) is 2. The number of sulfonamides is 1. The lowest BCUT2D eigenvalue weighted by atomic mass is 10.1. The van der Waals surface area contributed by atoms with Gasteiger partial charge in [0.15, 0.2) is 0 Å². The number of piperidine rings is 1. The first-order chi connectivity index (χ1) is 10.4. The van der Waals surface area contributed by atoms with Gasteiger partial charge in [-0.15, -0.1) is 11.3 Å². The maximum Gasteiger partial charge on any atom is 0.252 e. The molecule has 0 saturated carbocycles. The molecule has 0 spiro atoms. The second kappa shape index (κ2) is 5.75. The Hall–Kier alpha value is -1.25. The van der Waals surface area contributed by atoms with E-state index in [-0.39, 0.29) is 30.7 Å². The fraction of sp³-hybridized carbons (Fsp3) is 0.571. The maximum atomic E-state index is 12.5. The van der Waals surface area contributed by atoms with Gasteiger partial charge < -0.3 is 0 Å². The van der Waals surface area contributed by atoms with Crippen molar-refractivity contribution in [2.75, 3.05) is 13.1 Å². The number of imide groups is 1. The van der Waals surface area contributed by atoms with Crippen LogP contribution >= 0.6 is 11.3 Å². The molecule has 1 aromatic rings. The number of hydrogen-bond acceptors (Lipinski definition) is 5. The fourth-order valence-corrected chi connectivity index (χ4v) is 5.93. The van der Waals surface area contributed by atoms with E-state index in [1.165, 1.54) is 20.5 Å². The molecule has 22 heavy (non-hydrogen) atoms. The maximum absolute atomic E-state index is 12.5. The van der Waals surface area contributed by atoms with E-state index in [0.29, 0.717) is 30.1 Å². The summed E-state index contributed by atoms with van der Waals surface area (Å²) in [6.45, 7) is 2.57. The highest BCUT2D eigenvalue weighted by molar-refractivity contribution is 7.91. The zero-order chi connectivity index (χ0) is 15.9. The lowest BCUT2D eigenvalue weighted by Gasteiger charge is -2.34. The van der Waals surface area contributed by atoms with Crippen LogP contribution in [0.4, 0.5) is 0 Å². The first kappa shape index (κ1) is 15.6. The Morgan fingerprint density at radius 3 is 2.18 bits per heavy atom. The van der Waals surface area contributed by atoms with Gasteiger partial charge in [-0.05, 0) is 31.9 Å². The molecule has 3 rings (SSSR count). The van der Waals surface area contributed by atoms with E-state index in [9.17, 15) is 18.0 Å². The Balaban J connectivity index is 1.69. The number of carbonyl (C=O) groups excluding carboxylic acids is 2. The molecule has 2 aliphatic rings. The van der Waals surface area contributed by atoms with E-state index in [1.54, 1.807) is 12.1 Å². The number of amides is 2. The van der Waals surface area contributed by atoms with E-state index >= 15 is 0 Å². The summed E-state index contributed by atoms with van der Waals surface area (Å²) in [5.41, 5.74) is 0. The second-order valence-corrected chi connectivity index (χ2v) is 9.11. The zero-order valence-electron chi connectivity index (χ0n) is 12.3. The van der Waals surface area contributed by atoms with E-state index in [4.69, 9.17) is 0 Å². The lowest BCUT2D eigenvalue weighted by Crippen LogP contribution is -2.48. The smallest absolute Gasteiger partial charge is 0.252 e. The lowest BCUT2D eigenvalue weighted by molar-refractivity contribution is -0.141. The Morgan fingerprint density at radius 1 is 1.09 bits per heavy atom. The van der Waals surface area contributed by atoms with Crippen LogP contribution in [-0.4, -0.2) is 48.6 Å². The van der Waals surface area contributed by atoms with Crippen molar-refractivity contribution in [3.8, 4) is 0 Å². The van der Waals surface area contributed by atoms with E-state index < -0.39 is 10.0 Å². The van der Waals surface area contributed by atoms with Gasteiger partial charge in [-0.1, -0.05) is 0 Å². The number of rotatable bonds is 3. The van der Waals surface area contributed by atoms with Gasteiger partial charge in [0.1, 0.15) is 4.21 Å². The molecule has 0 N–H and O–H groups in total. The van der Waals surface area contributed by atoms with E-state index in [1.807, 2.05) is 6.92 Å². The van der Waals surface area contributed by atoms with Crippen LogP contribution in [-0.2, 0) is 19.6 Å². The minimum Gasteiger partial charge on any atom is -0.279 e. The van der Waals surface area contributed by atoms with Gasteiger partial charge in [0.25, 0.3) is 10.0 Å². The second-order valence-electron chi connectivity index (χ2n) is 5.66. The molecule has 0 radical (unpaired) electrons. The largest absolute Gasteiger partial charge is 0.279 e. The number of thiophene rings is 1. The van der Waals surface area contributed by atoms with Crippen LogP contribution in [0.25, 0.3) is 0 Å². The third-order valence-corrected chi connectivity index (χ3v) is 7.56. The monoisotopic (exact) mass is 342 g/mol. The standard InChI is InChI=1S/C14H18N2O4S2/c1-10-2-5-14(21-10)22(19,20)15-8-6-11(7-9-15)16-12(17)3-4-13(16)18/h2,5,11H,3-4,6-9H2,1H3. The van der Waals surface area contributed by atoms with Crippen molar-refractivity contribution in [3.63, 3.8) is 0 Å². The molecular formula is C14H18N2O4S2. The van der Waals surface area contributed by atoms with E-state index in [2.05, 4.69) is 0 Å². The molecule has 0 aromatic carbocycles. The summed E-state index contributed by atoms with van der Waals surface area (Å²) >= 11 is 1.27. The van der Waals surface area contributed by atoms with Crippen molar-refractivity contribution in [2.45, 2.75) is 42.9 Å². The molecule has 3 heterocycles. The van der Waals surface area contributed by atoms with Gasteiger partial charge in [0, 0.05) is 36.9 Å². The van der Waals surface area contributed by atoms with Gasteiger partial charge in [-0.2, -0.15) is 4.31 Å². The molecule has 0 atom stereocenters. The molecule has 0 aliphatic carbocycles. The Morgan fingerprint density at radius 2 is 1.68 bits per heavy atom. The predicted octanol–water partition coefficient (Wildman–Crippen LogP) is 1.36. The van der Waals surface area contributed by atoms with Crippen LogP contribution in [0.1, 0.15) is 30.6 Å². The summed E-state index contributed by atoms with van der Waals surface area (Å²) in [5.74, 6) is -0.250. The van der Waals surface area contributed by atoms with Gasteiger partial charge >= 0.3 is 0 Å². The van der Waals surface area contributed by atoms with Crippen LogP contribution in [0, 0.1) is 6.92 Å². The van der Waals surface area contributed by atoms with Crippen molar-refractivity contribution in [1.29, 1.82) is 0 Å². The normalized spacial score (nSPS) is 21.8. The van der Waals surface area contributed by atoms with Crippen LogP contribution < -0.4 is 0 Å². The molecule has 2 fully saturated rings.